The fourth-order valence-electron chi connectivity index (χ4n) is 2.06. The molecule has 1 aliphatic rings. The summed E-state index contributed by atoms with van der Waals surface area (Å²) in [4.78, 5) is 25.9. The van der Waals surface area contributed by atoms with Crippen LogP contribution >= 0.6 is 0 Å². The van der Waals surface area contributed by atoms with E-state index in [4.69, 9.17) is 5.53 Å². The van der Waals surface area contributed by atoms with Gasteiger partial charge in [0.2, 0.25) is 0 Å². The zero-order valence-electron chi connectivity index (χ0n) is 8.95. The molecule has 0 fully saturated rings. The maximum Gasteiger partial charge on any atom is 0.346 e. The van der Waals surface area contributed by atoms with Crippen LogP contribution in [0.25, 0.3) is 21.2 Å². The molecule has 0 atom stereocenters. The summed E-state index contributed by atoms with van der Waals surface area (Å²) in [6, 6.07) is 7.93. The quantitative estimate of drug-likeness (QED) is 0.251. The molecule has 0 bridgehead atoms. The minimum Gasteiger partial charge on any atom is -0.386 e. The highest BCUT2D eigenvalue weighted by Gasteiger charge is 2.27. The topological polar surface area (TPSA) is 92.1 Å². The molecule has 2 aromatic carbocycles. The van der Waals surface area contributed by atoms with Gasteiger partial charge in [-0.25, -0.2) is 9.59 Å². The van der Waals surface area contributed by atoms with E-state index in [1.165, 1.54) is 12.1 Å². The zero-order chi connectivity index (χ0) is 12.7. The number of esters is 2. The van der Waals surface area contributed by atoms with Gasteiger partial charge in [-0.1, -0.05) is 23.3 Å². The molecular weight excluding hydrogens is 234 g/mol. The van der Waals surface area contributed by atoms with Gasteiger partial charge < -0.3 is 4.74 Å². The van der Waals surface area contributed by atoms with E-state index in [2.05, 4.69) is 14.8 Å². The van der Waals surface area contributed by atoms with Crippen LogP contribution in [0.15, 0.2) is 35.4 Å². The van der Waals surface area contributed by atoms with Crippen LogP contribution in [0.5, 0.6) is 0 Å². The van der Waals surface area contributed by atoms with Crippen molar-refractivity contribution < 1.29 is 14.3 Å². The summed E-state index contributed by atoms with van der Waals surface area (Å²) in [5, 5.41) is 4.58. The molecule has 1 heterocycles. The molecular formula is C12H5N3O3. The molecule has 0 amide bonds. The molecule has 0 radical (unpaired) electrons. The van der Waals surface area contributed by atoms with Crippen LogP contribution in [-0.2, 0) is 4.74 Å². The van der Waals surface area contributed by atoms with E-state index < -0.39 is 11.9 Å². The predicted octanol–water partition coefficient (Wildman–Crippen LogP) is 3.09. The molecule has 0 aromatic heterocycles. The lowest BCUT2D eigenvalue weighted by Crippen LogP contribution is -2.19. The Morgan fingerprint density at radius 2 is 1.78 bits per heavy atom. The van der Waals surface area contributed by atoms with E-state index in [-0.39, 0.29) is 0 Å². The van der Waals surface area contributed by atoms with Gasteiger partial charge in [0, 0.05) is 16.0 Å². The zero-order valence-corrected chi connectivity index (χ0v) is 8.95. The third-order valence-corrected chi connectivity index (χ3v) is 2.80. The van der Waals surface area contributed by atoms with Gasteiger partial charge in [0.15, 0.2) is 0 Å². The van der Waals surface area contributed by atoms with Crippen molar-refractivity contribution in [3.63, 3.8) is 0 Å². The summed E-state index contributed by atoms with van der Waals surface area (Å²) in [6.07, 6.45) is 0. The Kier molecular flexibility index (Phi) is 2.05. The number of rotatable bonds is 1. The van der Waals surface area contributed by atoms with Crippen molar-refractivity contribution in [2.45, 2.75) is 0 Å². The molecule has 6 nitrogen and oxygen atoms in total. The normalized spacial score (nSPS) is 13.1. The summed E-state index contributed by atoms with van der Waals surface area (Å²) in [5.41, 5.74) is 9.47. The summed E-state index contributed by atoms with van der Waals surface area (Å²) < 4.78 is 4.62. The predicted molar refractivity (Wildman–Crippen MR) is 62.5 cm³/mol. The van der Waals surface area contributed by atoms with E-state index in [9.17, 15) is 9.59 Å². The number of hydrogen-bond donors (Lipinski definition) is 0. The third kappa shape index (κ3) is 1.27. The summed E-state index contributed by atoms with van der Waals surface area (Å²) >= 11 is 0. The third-order valence-electron chi connectivity index (χ3n) is 2.80. The largest absolute Gasteiger partial charge is 0.386 e. The average molecular weight is 239 g/mol. The number of hydrogen-bond acceptors (Lipinski definition) is 4. The first kappa shape index (κ1) is 10.3. The van der Waals surface area contributed by atoms with Gasteiger partial charge in [-0.15, -0.1) is 0 Å². The van der Waals surface area contributed by atoms with E-state index in [0.717, 1.165) is 0 Å². The lowest BCUT2D eigenvalue weighted by molar-refractivity contribution is 0.0391. The van der Waals surface area contributed by atoms with E-state index in [1.54, 1.807) is 18.2 Å². The fourth-order valence-corrected chi connectivity index (χ4v) is 2.06. The highest BCUT2D eigenvalue weighted by Crippen LogP contribution is 2.34. The first-order valence-electron chi connectivity index (χ1n) is 5.09. The van der Waals surface area contributed by atoms with Gasteiger partial charge in [-0.2, -0.15) is 0 Å². The molecule has 0 unspecified atom stereocenters. The number of carbonyl (C=O) groups is 2. The van der Waals surface area contributed by atoms with Crippen LogP contribution in [0.2, 0.25) is 0 Å². The van der Waals surface area contributed by atoms with Crippen molar-refractivity contribution in [1.82, 2.24) is 0 Å². The Hall–Kier alpha value is -2.85. The molecule has 0 N–H and O–H groups in total. The van der Waals surface area contributed by atoms with Crippen molar-refractivity contribution in [2.24, 2.45) is 5.11 Å². The number of carbonyl (C=O) groups excluding carboxylic acids is 2. The van der Waals surface area contributed by atoms with Gasteiger partial charge in [-0.3, -0.25) is 0 Å². The molecule has 3 rings (SSSR count). The second-order valence-corrected chi connectivity index (χ2v) is 3.73. The first-order chi connectivity index (χ1) is 8.72. The SMILES string of the molecule is [N-]=[N+]=Nc1ccc2c3c(cccc13)C(=O)OC2=O. The lowest BCUT2D eigenvalue weighted by Gasteiger charge is -2.15. The maximum absolute atomic E-state index is 11.6. The van der Waals surface area contributed by atoms with Gasteiger partial charge >= 0.3 is 11.9 Å². The molecule has 2 aromatic rings. The number of ether oxygens (including phenoxy) is 1. The summed E-state index contributed by atoms with van der Waals surface area (Å²) in [6.45, 7) is 0. The van der Waals surface area contributed by atoms with Gasteiger partial charge in [0.05, 0.1) is 11.1 Å². The van der Waals surface area contributed by atoms with Crippen LogP contribution in [0, 0.1) is 0 Å². The lowest BCUT2D eigenvalue weighted by atomic mass is 9.96. The van der Waals surface area contributed by atoms with Crippen LogP contribution < -0.4 is 0 Å². The van der Waals surface area contributed by atoms with Crippen LogP contribution in [0.1, 0.15) is 20.7 Å². The minimum atomic E-state index is -0.684. The van der Waals surface area contributed by atoms with Crippen molar-refractivity contribution in [1.29, 1.82) is 0 Å². The highest BCUT2D eigenvalue weighted by atomic mass is 16.6. The van der Waals surface area contributed by atoms with E-state index >= 15 is 0 Å². The number of cyclic esters (lactones) is 2. The Morgan fingerprint density at radius 3 is 2.50 bits per heavy atom. The number of benzene rings is 2. The van der Waals surface area contributed by atoms with Crippen LogP contribution in [-0.4, -0.2) is 11.9 Å². The molecule has 0 saturated carbocycles. The molecule has 86 valence electrons. The van der Waals surface area contributed by atoms with Crippen molar-refractivity contribution in [3.8, 4) is 0 Å². The number of nitrogens with zero attached hydrogens (tertiary/aromatic N) is 3. The molecule has 18 heavy (non-hydrogen) atoms. The standard InChI is InChI=1S/C12H5N3O3/c13-15-14-9-5-4-8-10-6(9)2-1-3-7(10)11(16)18-12(8)17/h1-5H. The van der Waals surface area contributed by atoms with Gasteiger partial charge in [0.25, 0.3) is 0 Å². The average Bonchev–Trinajstić information content (AvgIpc) is 2.37. The van der Waals surface area contributed by atoms with E-state index in [0.29, 0.717) is 27.6 Å². The Morgan fingerprint density at radius 1 is 1.06 bits per heavy atom. The Balaban J connectivity index is 2.52. The van der Waals surface area contributed by atoms with Crippen molar-refractivity contribution in [2.75, 3.05) is 0 Å². The molecule has 6 heteroatoms. The molecule has 0 aliphatic carbocycles. The Bertz CT molecular complexity index is 740. The van der Waals surface area contributed by atoms with Gasteiger partial charge in [0.1, 0.15) is 0 Å². The first-order valence-corrected chi connectivity index (χ1v) is 5.09. The van der Waals surface area contributed by atoms with Crippen molar-refractivity contribution in [3.05, 3.63) is 51.9 Å². The monoisotopic (exact) mass is 239 g/mol. The second kappa shape index (κ2) is 3.58. The maximum atomic E-state index is 11.6. The smallest absolute Gasteiger partial charge is 0.346 e. The van der Waals surface area contributed by atoms with Crippen molar-refractivity contribution >= 4 is 28.4 Å². The van der Waals surface area contributed by atoms with E-state index in [1.807, 2.05) is 0 Å². The molecule has 0 saturated heterocycles. The van der Waals surface area contributed by atoms with Gasteiger partial charge in [-0.05, 0) is 23.1 Å². The van der Waals surface area contributed by atoms with Crippen LogP contribution in [0.3, 0.4) is 0 Å². The summed E-state index contributed by atoms with van der Waals surface area (Å²) in [7, 11) is 0. The Labute approximate surface area is 100 Å². The molecule has 1 aliphatic heterocycles. The second-order valence-electron chi connectivity index (χ2n) is 3.73. The van der Waals surface area contributed by atoms with Crippen LogP contribution in [0.4, 0.5) is 5.69 Å². The minimum absolute atomic E-state index is 0.303. The summed E-state index contributed by atoms with van der Waals surface area (Å²) in [5.74, 6) is -1.37. The fraction of sp³-hybridized carbons (Fsp3) is 0. The number of azide groups is 1. The molecule has 0 spiro atoms. The highest BCUT2D eigenvalue weighted by molar-refractivity contribution is 6.22.